The zero-order chi connectivity index (χ0) is 21.7. The Kier molecular flexibility index (Phi) is 7.01. The number of fused-ring (bicyclic) bond motifs is 1. The van der Waals surface area contributed by atoms with Gasteiger partial charge in [-0.15, -0.1) is 0 Å². The van der Waals surface area contributed by atoms with E-state index in [1.54, 1.807) is 43.3 Å². The zero-order valence-electron chi connectivity index (χ0n) is 16.8. The molecule has 10 heteroatoms. The van der Waals surface area contributed by atoms with E-state index in [9.17, 15) is 13.2 Å². The topological polar surface area (TPSA) is 111 Å². The zero-order valence-corrected chi connectivity index (χ0v) is 18.5. The number of methoxy groups -OCH3 is 1. The summed E-state index contributed by atoms with van der Waals surface area (Å²) in [4.78, 5) is 17.1. The normalized spacial score (nSPS) is 12.6. The molecule has 0 radical (unpaired) electrons. The van der Waals surface area contributed by atoms with Gasteiger partial charge in [0.15, 0.2) is 11.5 Å². The Hall–Kier alpha value is -2.56. The van der Waals surface area contributed by atoms with Crippen LogP contribution in [0.15, 0.2) is 51.8 Å². The van der Waals surface area contributed by atoms with Crippen LogP contribution in [-0.2, 0) is 14.8 Å². The first kappa shape index (κ1) is 22.1. The number of hydrogen-bond donors (Lipinski definition) is 2. The third kappa shape index (κ3) is 5.13. The van der Waals surface area contributed by atoms with Gasteiger partial charge in [0.2, 0.25) is 15.9 Å². The second-order valence-corrected chi connectivity index (χ2v) is 9.18. The summed E-state index contributed by atoms with van der Waals surface area (Å²) in [6.07, 6.45) is 2.22. The number of amides is 1. The summed E-state index contributed by atoms with van der Waals surface area (Å²) < 4.78 is 38.9. The summed E-state index contributed by atoms with van der Waals surface area (Å²) in [7, 11) is -2.58. The molecule has 2 aromatic carbocycles. The molecule has 0 aliphatic carbocycles. The molecule has 0 saturated carbocycles. The highest BCUT2D eigenvalue weighted by Crippen LogP contribution is 2.24. The van der Waals surface area contributed by atoms with Gasteiger partial charge in [0.25, 0.3) is 0 Å². The smallest absolute Gasteiger partial charge is 0.244 e. The molecule has 160 valence electrons. The van der Waals surface area contributed by atoms with Crippen LogP contribution in [0, 0.1) is 6.92 Å². The number of para-hydroxylation sites is 1. The van der Waals surface area contributed by atoms with Crippen molar-refractivity contribution in [2.75, 3.05) is 24.4 Å². The second-order valence-electron chi connectivity index (χ2n) is 6.51. The summed E-state index contributed by atoms with van der Waals surface area (Å²) in [5.41, 5.74) is 1.73. The molecule has 0 spiro atoms. The number of benzene rings is 2. The Morgan fingerprint density at radius 1 is 1.27 bits per heavy atom. The van der Waals surface area contributed by atoms with E-state index >= 15 is 0 Å². The first-order valence-corrected chi connectivity index (χ1v) is 12.0. The maximum Gasteiger partial charge on any atom is 0.244 e. The SMILES string of the molecule is COc1ccccc1S(=O)(=O)N[C@H](CCSC)C(=O)Nc1ccc2oc(C)nc2c1. The summed E-state index contributed by atoms with van der Waals surface area (Å²) in [5, 5.41) is 2.77. The van der Waals surface area contributed by atoms with E-state index in [-0.39, 0.29) is 10.6 Å². The molecule has 0 saturated heterocycles. The number of sulfonamides is 1. The van der Waals surface area contributed by atoms with Gasteiger partial charge < -0.3 is 14.5 Å². The monoisotopic (exact) mass is 449 g/mol. The van der Waals surface area contributed by atoms with Crippen molar-refractivity contribution in [3.05, 3.63) is 48.4 Å². The molecule has 30 heavy (non-hydrogen) atoms. The number of nitrogens with zero attached hydrogens (tertiary/aromatic N) is 1. The molecule has 1 atom stereocenters. The molecule has 0 aliphatic rings. The van der Waals surface area contributed by atoms with Gasteiger partial charge in [-0.2, -0.15) is 16.5 Å². The van der Waals surface area contributed by atoms with Gasteiger partial charge in [0.05, 0.1) is 7.11 Å². The third-order valence-electron chi connectivity index (χ3n) is 4.35. The van der Waals surface area contributed by atoms with Crippen molar-refractivity contribution < 1.29 is 22.4 Å². The number of carbonyl (C=O) groups excluding carboxylic acids is 1. The van der Waals surface area contributed by atoms with Crippen LogP contribution < -0.4 is 14.8 Å². The molecular formula is C20H23N3O5S2. The van der Waals surface area contributed by atoms with E-state index in [1.807, 2.05) is 6.26 Å². The number of anilines is 1. The van der Waals surface area contributed by atoms with Gasteiger partial charge in [-0.3, -0.25) is 4.79 Å². The Bertz CT molecular complexity index is 1140. The van der Waals surface area contributed by atoms with E-state index in [4.69, 9.17) is 9.15 Å². The lowest BCUT2D eigenvalue weighted by Crippen LogP contribution is -2.44. The van der Waals surface area contributed by atoms with Crippen LogP contribution in [0.4, 0.5) is 5.69 Å². The Morgan fingerprint density at radius 3 is 2.77 bits per heavy atom. The largest absolute Gasteiger partial charge is 0.495 e. The highest BCUT2D eigenvalue weighted by atomic mass is 32.2. The van der Waals surface area contributed by atoms with E-state index in [0.717, 1.165) is 0 Å². The Balaban J connectivity index is 1.82. The van der Waals surface area contributed by atoms with Crippen LogP contribution in [0.1, 0.15) is 12.3 Å². The lowest BCUT2D eigenvalue weighted by atomic mass is 10.2. The van der Waals surface area contributed by atoms with E-state index in [1.165, 1.54) is 24.9 Å². The van der Waals surface area contributed by atoms with Gasteiger partial charge >= 0.3 is 0 Å². The molecule has 3 rings (SSSR count). The fourth-order valence-electron chi connectivity index (χ4n) is 2.92. The highest BCUT2D eigenvalue weighted by molar-refractivity contribution is 7.98. The fraction of sp³-hybridized carbons (Fsp3) is 0.300. The average molecular weight is 450 g/mol. The number of carbonyl (C=O) groups is 1. The van der Waals surface area contributed by atoms with Crippen LogP contribution >= 0.6 is 11.8 Å². The van der Waals surface area contributed by atoms with Crippen LogP contribution in [0.2, 0.25) is 0 Å². The summed E-state index contributed by atoms with van der Waals surface area (Å²) in [6.45, 7) is 1.74. The van der Waals surface area contributed by atoms with Crippen molar-refractivity contribution in [3.63, 3.8) is 0 Å². The molecule has 0 bridgehead atoms. The quantitative estimate of drug-likeness (QED) is 0.516. The Labute approximate surface area is 179 Å². The first-order valence-electron chi connectivity index (χ1n) is 9.16. The number of aryl methyl sites for hydroxylation is 1. The third-order valence-corrected chi connectivity index (χ3v) is 6.50. The minimum atomic E-state index is -3.97. The molecule has 0 aliphatic heterocycles. The minimum absolute atomic E-state index is 0.0195. The van der Waals surface area contributed by atoms with Gasteiger partial charge in [-0.25, -0.2) is 13.4 Å². The van der Waals surface area contributed by atoms with Crippen LogP contribution in [0.5, 0.6) is 5.75 Å². The predicted molar refractivity (Wildman–Crippen MR) is 117 cm³/mol. The molecule has 1 aromatic heterocycles. The summed E-state index contributed by atoms with van der Waals surface area (Å²) in [6, 6.07) is 10.4. The van der Waals surface area contributed by atoms with Gasteiger partial charge in [-0.05, 0) is 48.8 Å². The van der Waals surface area contributed by atoms with E-state index in [0.29, 0.717) is 34.9 Å². The van der Waals surface area contributed by atoms with Crippen molar-refractivity contribution in [2.45, 2.75) is 24.3 Å². The lowest BCUT2D eigenvalue weighted by molar-refractivity contribution is -0.117. The van der Waals surface area contributed by atoms with Gasteiger partial charge in [0, 0.05) is 12.6 Å². The highest BCUT2D eigenvalue weighted by Gasteiger charge is 2.27. The second kappa shape index (κ2) is 9.50. The van der Waals surface area contributed by atoms with Crippen molar-refractivity contribution >= 4 is 44.5 Å². The number of aromatic nitrogens is 1. The minimum Gasteiger partial charge on any atom is -0.495 e. The number of hydrogen-bond acceptors (Lipinski definition) is 7. The molecule has 3 aromatic rings. The van der Waals surface area contributed by atoms with Crippen molar-refractivity contribution in [2.24, 2.45) is 0 Å². The maximum absolute atomic E-state index is 12.9. The average Bonchev–Trinajstić information content (AvgIpc) is 3.10. The van der Waals surface area contributed by atoms with Crippen LogP contribution in [0.3, 0.4) is 0 Å². The Morgan fingerprint density at radius 2 is 2.03 bits per heavy atom. The predicted octanol–water partition coefficient (Wildman–Crippen LogP) is 3.18. The lowest BCUT2D eigenvalue weighted by Gasteiger charge is -2.19. The number of rotatable bonds is 9. The van der Waals surface area contributed by atoms with E-state index < -0.39 is 22.0 Å². The summed E-state index contributed by atoms with van der Waals surface area (Å²) in [5.74, 6) is 0.882. The molecule has 0 unspecified atom stereocenters. The molecule has 1 amide bonds. The number of nitrogens with one attached hydrogen (secondary N) is 2. The number of oxazole rings is 1. The molecule has 0 fully saturated rings. The standard InChI is InChI=1S/C20H23N3O5S2/c1-13-21-16-12-14(8-9-17(16)28-13)22-20(24)15(10-11-29-3)23-30(25,26)19-7-5-4-6-18(19)27-2/h4-9,12,15,23H,10-11H2,1-3H3,(H,22,24)/t15-/m1/s1. The van der Waals surface area contributed by atoms with Gasteiger partial charge in [0.1, 0.15) is 22.2 Å². The van der Waals surface area contributed by atoms with Crippen molar-refractivity contribution in [1.82, 2.24) is 9.71 Å². The maximum atomic E-state index is 12.9. The van der Waals surface area contributed by atoms with E-state index in [2.05, 4.69) is 15.0 Å². The van der Waals surface area contributed by atoms with Crippen molar-refractivity contribution in [1.29, 1.82) is 0 Å². The molecule has 8 nitrogen and oxygen atoms in total. The van der Waals surface area contributed by atoms with Gasteiger partial charge in [-0.1, -0.05) is 12.1 Å². The number of thioether (sulfide) groups is 1. The van der Waals surface area contributed by atoms with Crippen molar-refractivity contribution in [3.8, 4) is 5.75 Å². The first-order chi connectivity index (χ1) is 14.3. The molecule has 2 N–H and O–H groups in total. The molecule has 1 heterocycles. The molecular weight excluding hydrogens is 426 g/mol. The number of ether oxygens (including phenoxy) is 1. The summed E-state index contributed by atoms with van der Waals surface area (Å²) >= 11 is 1.53. The van der Waals surface area contributed by atoms with Crippen LogP contribution in [-0.4, -0.2) is 44.5 Å². The van der Waals surface area contributed by atoms with Crippen LogP contribution in [0.25, 0.3) is 11.1 Å². The fourth-order valence-corrected chi connectivity index (χ4v) is 4.79.